The van der Waals surface area contributed by atoms with E-state index in [2.05, 4.69) is 0 Å². The summed E-state index contributed by atoms with van der Waals surface area (Å²) >= 11 is 6.27. The highest BCUT2D eigenvalue weighted by atomic mass is 35.5. The molecule has 26 heavy (non-hydrogen) atoms. The molecule has 1 aromatic heterocycles. The summed E-state index contributed by atoms with van der Waals surface area (Å²) in [6.45, 7) is 0. The molecule has 0 amide bonds. The minimum Gasteiger partial charge on any atom is -0.309 e. The Labute approximate surface area is 172 Å². The van der Waals surface area contributed by atoms with Crippen LogP contribution in [0.2, 0.25) is 5.02 Å². The molecular weight excluding hydrogens is 338 g/mol. The summed E-state index contributed by atoms with van der Waals surface area (Å²) in [6.07, 6.45) is 0. The lowest BCUT2D eigenvalue weighted by molar-refractivity contribution is 1.18. The average Bonchev–Trinajstić information content (AvgIpc) is 3.25. The smallest absolute Gasteiger partial charge is 0.0646 e. The van der Waals surface area contributed by atoms with Crippen LogP contribution in [-0.4, -0.2) is 4.57 Å². The van der Waals surface area contributed by atoms with Gasteiger partial charge in [-0.3, -0.25) is 0 Å². The number of nitrogens with zero attached hydrogens (tertiary/aromatic N) is 1. The van der Waals surface area contributed by atoms with E-state index >= 15 is 0 Å². The van der Waals surface area contributed by atoms with Gasteiger partial charge < -0.3 is 4.57 Å². The molecule has 0 aliphatic rings. The van der Waals surface area contributed by atoms with Crippen LogP contribution in [0.3, 0.4) is 0 Å². The predicted octanol–water partition coefficient (Wildman–Crippen LogP) is 7.10. The van der Waals surface area contributed by atoms with Gasteiger partial charge in [0.2, 0.25) is 0 Å². The van der Waals surface area contributed by atoms with Gasteiger partial charge >= 0.3 is 0 Å². The summed E-state index contributed by atoms with van der Waals surface area (Å²) in [5.74, 6) is 0. The van der Waals surface area contributed by atoms with Crippen LogP contribution in [-0.2, 0) is 0 Å². The van der Waals surface area contributed by atoms with Gasteiger partial charge in [0.1, 0.15) is 0 Å². The van der Waals surface area contributed by atoms with Crippen LogP contribution in [0.1, 0.15) is 15.1 Å². The fourth-order valence-electron chi connectivity index (χ4n) is 3.04. The van der Waals surface area contributed by atoms with Crippen molar-refractivity contribution in [2.24, 2.45) is 0 Å². The summed E-state index contributed by atoms with van der Waals surface area (Å²) < 4.78 is 94.4. The first-order valence-corrected chi connectivity index (χ1v) is 8.15. The monoisotopic (exact) mass is 364 g/mol. The van der Waals surface area contributed by atoms with Crippen LogP contribution >= 0.6 is 11.6 Å². The molecule has 1 heterocycles. The molecule has 0 radical (unpaired) electrons. The van der Waals surface area contributed by atoms with Gasteiger partial charge in [-0.15, -0.1) is 0 Å². The Morgan fingerprint density at radius 3 is 2.38 bits per heavy atom. The van der Waals surface area contributed by atoms with E-state index in [0.29, 0.717) is 5.69 Å². The number of halogens is 1. The summed E-state index contributed by atoms with van der Waals surface area (Å²) in [7, 11) is 0. The van der Waals surface area contributed by atoms with E-state index in [4.69, 9.17) is 26.7 Å². The topological polar surface area (TPSA) is 4.93 Å². The fraction of sp³-hybridized carbons (Fsp3) is 0. The molecule has 0 unspecified atom stereocenters. The maximum Gasteiger partial charge on any atom is 0.0646 e. The second-order valence-corrected chi connectivity index (χ2v) is 5.94. The number of aromatic nitrogens is 1. The Bertz CT molecular complexity index is 1770. The zero-order valence-electron chi connectivity index (χ0n) is 24.2. The van der Waals surface area contributed by atoms with Gasteiger partial charge in [0.25, 0.3) is 0 Å². The number of fused-ring (bicyclic) bond motifs is 3. The van der Waals surface area contributed by atoms with Crippen LogP contribution in [0.4, 0.5) is 0 Å². The fourth-order valence-corrected chi connectivity index (χ4v) is 3.18. The van der Waals surface area contributed by atoms with Crippen molar-refractivity contribution in [3.8, 4) is 16.8 Å². The van der Waals surface area contributed by atoms with Crippen molar-refractivity contribution in [3.63, 3.8) is 0 Å². The SMILES string of the molecule is [2H]c1c([2H])c([2H])c(-c2c([2H])c([2H])c([2H])c3c2c2c([2H])c(Cl)c([2H])c([2H])c2n3-c2ccccc2)c([2H])c1[2H]. The summed E-state index contributed by atoms with van der Waals surface area (Å²) in [4.78, 5) is 0. The van der Waals surface area contributed by atoms with Gasteiger partial charge in [0.15, 0.2) is 0 Å². The van der Waals surface area contributed by atoms with E-state index in [1.165, 1.54) is 4.57 Å². The molecule has 0 saturated heterocycles. The molecule has 0 N–H and O–H groups in total. The number of hydrogen-bond donors (Lipinski definition) is 0. The molecule has 4 aromatic carbocycles. The van der Waals surface area contributed by atoms with Crippen LogP contribution in [0, 0.1) is 0 Å². The van der Waals surface area contributed by atoms with Crippen LogP contribution in [0.15, 0.2) is 96.8 Å². The second-order valence-electron chi connectivity index (χ2n) is 5.56. The molecule has 0 saturated carbocycles. The Morgan fingerprint density at radius 2 is 1.58 bits per heavy atom. The Kier molecular flexibility index (Phi) is 1.79. The normalized spacial score (nSPS) is 17.2. The number of benzene rings is 4. The van der Waals surface area contributed by atoms with E-state index in [1.807, 2.05) is 0 Å². The zero-order chi connectivity index (χ0) is 27.1. The second kappa shape index (κ2) is 6.05. The Balaban J connectivity index is 2.21. The lowest BCUT2D eigenvalue weighted by Gasteiger charge is -2.08. The highest BCUT2D eigenvalue weighted by Gasteiger charge is 2.16. The van der Waals surface area contributed by atoms with Crippen molar-refractivity contribution >= 4 is 33.4 Å². The molecule has 0 fully saturated rings. The third-order valence-corrected chi connectivity index (χ3v) is 4.27. The number of para-hydroxylation sites is 1. The van der Waals surface area contributed by atoms with Gasteiger partial charge in [0.05, 0.1) is 26.1 Å². The van der Waals surface area contributed by atoms with E-state index in [9.17, 15) is 0 Å². The van der Waals surface area contributed by atoms with Gasteiger partial charge in [-0.1, -0.05) is 72.1 Å². The molecule has 0 spiro atoms. The van der Waals surface area contributed by atoms with Crippen LogP contribution < -0.4 is 0 Å². The maximum atomic E-state index is 8.76. The van der Waals surface area contributed by atoms with Crippen molar-refractivity contribution < 1.29 is 15.1 Å². The van der Waals surface area contributed by atoms with Crippen molar-refractivity contribution in [1.29, 1.82) is 0 Å². The highest BCUT2D eigenvalue weighted by Crippen LogP contribution is 2.39. The lowest BCUT2D eigenvalue weighted by Crippen LogP contribution is -1.92. The molecule has 0 bridgehead atoms. The van der Waals surface area contributed by atoms with Crippen molar-refractivity contribution in [2.75, 3.05) is 0 Å². The Hall–Kier alpha value is -3.03. The molecule has 1 nitrogen and oxygen atoms in total. The summed E-state index contributed by atoms with van der Waals surface area (Å²) in [5.41, 5.74) is -0.150. The van der Waals surface area contributed by atoms with Crippen molar-refractivity contribution in [2.45, 2.75) is 0 Å². The highest BCUT2D eigenvalue weighted by molar-refractivity contribution is 6.32. The molecule has 0 atom stereocenters. The van der Waals surface area contributed by atoms with E-state index in [1.54, 1.807) is 30.3 Å². The molecule has 124 valence electrons. The largest absolute Gasteiger partial charge is 0.309 e. The third kappa shape index (κ3) is 2.33. The minimum absolute atomic E-state index is 0.00678. The predicted molar refractivity (Wildman–Crippen MR) is 111 cm³/mol. The standard InChI is InChI=1S/C24H16ClN/c25-18-14-15-22-21(16-18)24-20(17-8-3-1-4-9-17)12-7-13-23(24)26(22)19-10-5-2-6-11-19/h1-16H/i1D,3D,4D,7D,8D,9D,12D,13D,14D,15D,16D. The first-order valence-electron chi connectivity index (χ1n) is 13.3. The molecule has 2 heteroatoms. The summed E-state index contributed by atoms with van der Waals surface area (Å²) in [6, 6.07) is 2.64. The van der Waals surface area contributed by atoms with E-state index < -0.39 is 54.4 Å². The zero-order valence-corrected chi connectivity index (χ0v) is 14.0. The molecular formula is C24H16ClN. The molecule has 0 aliphatic carbocycles. The molecule has 5 rings (SSSR count). The van der Waals surface area contributed by atoms with Crippen LogP contribution in [0.5, 0.6) is 0 Å². The van der Waals surface area contributed by atoms with E-state index in [0.717, 1.165) is 0 Å². The average molecular weight is 365 g/mol. The summed E-state index contributed by atoms with van der Waals surface area (Å²) in [5, 5.41) is -0.387. The van der Waals surface area contributed by atoms with Gasteiger partial charge in [-0.05, 0) is 47.4 Å². The quantitative estimate of drug-likeness (QED) is 0.314. The van der Waals surface area contributed by atoms with Crippen molar-refractivity contribution in [1.82, 2.24) is 4.57 Å². The first-order chi connectivity index (χ1) is 17.4. The number of rotatable bonds is 2. The molecule has 0 aliphatic heterocycles. The van der Waals surface area contributed by atoms with Gasteiger partial charge in [0, 0.05) is 21.5 Å². The van der Waals surface area contributed by atoms with Crippen LogP contribution in [0.25, 0.3) is 38.6 Å². The third-order valence-electron chi connectivity index (χ3n) is 4.08. The van der Waals surface area contributed by atoms with E-state index in [-0.39, 0.29) is 50.0 Å². The maximum absolute atomic E-state index is 8.76. The van der Waals surface area contributed by atoms with Gasteiger partial charge in [-0.25, -0.2) is 0 Å². The molecule has 5 aromatic rings. The van der Waals surface area contributed by atoms with Crippen molar-refractivity contribution in [3.05, 3.63) is 102 Å². The lowest BCUT2D eigenvalue weighted by atomic mass is 9.99. The number of hydrogen-bond acceptors (Lipinski definition) is 0. The first kappa shape index (κ1) is 7.69. The minimum atomic E-state index is -0.643. The Morgan fingerprint density at radius 1 is 0.769 bits per heavy atom. The van der Waals surface area contributed by atoms with Gasteiger partial charge in [-0.2, -0.15) is 0 Å².